The van der Waals surface area contributed by atoms with Gasteiger partial charge in [-0.1, -0.05) is 18.7 Å². The van der Waals surface area contributed by atoms with Crippen molar-refractivity contribution in [1.29, 1.82) is 0 Å². The molecule has 0 fully saturated rings. The highest BCUT2D eigenvalue weighted by atomic mass is 32.2. The van der Waals surface area contributed by atoms with Crippen LogP contribution in [0.4, 0.5) is 0 Å². The fraction of sp³-hybridized carbons (Fsp3) is 0.350. The summed E-state index contributed by atoms with van der Waals surface area (Å²) in [6.45, 7) is 2.52. The Morgan fingerprint density at radius 2 is 2.19 bits per heavy atom. The number of rotatable bonds is 4. The number of aromatic nitrogens is 2. The average Bonchev–Trinajstić information content (AvgIpc) is 3.29. The highest BCUT2D eigenvalue weighted by molar-refractivity contribution is 8.00. The van der Waals surface area contributed by atoms with E-state index in [1.165, 1.54) is 28.6 Å². The van der Waals surface area contributed by atoms with Gasteiger partial charge in [-0.3, -0.25) is 4.79 Å². The number of nitrogens with zero attached hydrogens (tertiary/aromatic N) is 2. The van der Waals surface area contributed by atoms with E-state index in [-0.39, 0.29) is 12.6 Å². The minimum absolute atomic E-state index is 0.0581. The monoisotopic (exact) mass is 398 g/mol. The molecule has 7 heteroatoms. The largest absolute Gasteiger partial charge is 0.454 e. The summed E-state index contributed by atoms with van der Waals surface area (Å²) >= 11 is 3.28. The zero-order chi connectivity index (χ0) is 18.4. The van der Waals surface area contributed by atoms with E-state index in [1.54, 1.807) is 35.9 Å². The minimum atomic E-state index is 0.0581. The Balaban J connectivity index is 1.39. The molecule has 2 aromatic heterocycles. The van der Waals surface area contributed by atoms with E-state index in [2.05, 4.69) is 16.9 Å². The third kappa shape index (κ3) is 3.08. The van der Waals surface area contributed by atoms with Gasteiger partial charge in [0, 0.05) is 15.8 Å². The number of aryl methyl sites for hydroxylation is 1. The molecule has 5 rings (SSSR count). The number of carbonyl (C=O) groups is 1. The highest BCUT2D eigenvalue weighted by Crippen LogP contribution is 2.40. The first-order valence-electron chi connectivity index (χ1n) is 9.00. The number of carbonyl (C=O) groups excluding carboxylic acids is 1. The van der Waals surface area contributed by atoms with Gasteiger partial charge in [-0.2, -0.15) is 0 Å². The first-order chi connectivity index (χ1) is 13.2. The maximum Gasteiger partial charge on any atom is 0.231 e. The lowest BCUT2D eigenvalue weighted by Crippen LogP contribution is -2.09. The van der Waals surface area contributed by atoms with Gasteiger partial charge in [0.25, 0.3) is 0 Å². The Hall–Kier alpha value is -2.12. The number of fused-ring (bicyclic) bond motifs is 4. The van der Waals surface area contributed by atoms with Gasteiger partial charge in [0.1, 0.15) is 16.2 Å². The van der Waals surface area contributed by atoms with Crippen LogP contribution in [-0.2, 0) is 12.8 Å². The Morgan fingerprint density at radius 1 is 1.30 bits per heavy atom. The van der Waals surface area contributed by atoms with Gasteiger partial charge in [-0.05, 0) is 48.9 Å². The maximum atomic E-state index is 12.7. The van der Waals surface area contributed by atoms with E-state index in [1.807, 2.05) is 0 Å². The number of Topliss-reactive ketones (excluding diaryl/α,β-unsaturated/α-hetero) is 1. The maximum absolute atomic E-state index is 12.7. The van der Waals surface area contributed by atoms with Crippen molar-refractivity contribution in [3.8, 4) is 11.5 Å². The topological polar surface area (TPSA) is 61.3 Å². The van der Waals surface area contributed by atoms with Crippen molar-refractivity contribution in [1.82, 2.24) is 9.97 Å². The van der Waals surface area contributed by atoms with Gasteiger partial charge < -0.3 is 9.47 Å². The molecular formula is C20H18N2O3S2. The van der Waals surface area contributed by atoms with Gasteiger partial charge >= 0.3 is 0 Å². The lowest BCUT2D eigenvalue weighted by Gasteiger charge is -2.18. The molecule has 27 heavy (non-hydrogen) atoms. The van der Waals surface area contributed by atoms with Gasteiger partial charge in [-0.15, -0.1) is 11.3 Å². The number of thiophene rings is 1. The molecule has 0 saturated carbocycles. The lowest BCUT2D eigenvalue weighted by molar-refractivity contribution is 0.102. The van der Waals surface area contributed by atoms with Gasteiger partial charge in [0.15, 0.2) is 17.3 Å². The van der Waals surface area contributed by atoms with Crippen LogP contribution in [0.5, 0.6) is 11.5 Å². The van der Waals surface area contributed by atoms with Crippen molar-refractivity contribution in [2.75, 3.05) is 12.5 Å². The van der Waals surface area contributed by atoms with E-state index in [9.17, 15) is 4.79 Å². The predicted molar refractivity (Wildman–Crippen MR) is 106 cm³/mol. The van der Waals surface area contributed by atoms with Crippen LogP contribution < -0.4 is 9.47 Å². The molecule has 0 spiro atoms. The molecule has 138 valence electrons. The second-order valence-electron chi connectivity index (χ2n) is 6.99. The Bertz CT molecular complexity index is 1050. The molecule has 0 unspecified atom stereocenters. The predicted octanol–water partition coefficient (Wildman–Crippen LogP) is 4.52. The fourth-order valence-electron chi connectivity index (χ4n) is 3.64. The zero-order valence-electron chi connectivity index (χ0n) is 14.9. The lowest BCUT2D eigenvalue weighted by atomic mass is 9.89. The summed E-state index contributed by atoms with van der Waals surface area (Å²) in [7, 11) is 0. The quantitative estimate of drug-likeness (QED) is 0.366. The van der Waals surface area contributed by atoms with Crippen molar-refractivity contribution >= 4 is 39.1 Å². The Morgan fingerprint density at radius 3 is 3.11 bits per heavy atom. The Labute approximate surface area is 165 Å². The standard InChI is InChI=1S/C20H18N2O3S2/c1-11-2-4-13-17(6-11)27-20-18(13)19(21-9-22-20)26-8-14(23)12-3-5-15-16(7-12)25-10-24-15/h3,5,7,9,11H,2,4,6,8,10H2,1H3/t11-/m0/s1. The summed E-state index contributed by atoms with van der Waals surface area (Å²) < 4.78 is 10.7. The van der Waals surface area contributed by atoms with Crippen LogP contribution in [0.15, 0.2) is 29.6 Å². The number of benzene rings is 1. The molecule has 1 atom stereocenters. The molecule has 0 bridgehead atoms. The highest BCUT2D eigenvalue weighted by Gasteiger charge is 2.24. The summed E-state index contributed by atoms with van der Waals surface area (Å²) in [5.74, 6) is 2.45. The first kappa shape index (κ1) is 17.0. The SMILES string of the molecule is C[C@H]1CCc2c(sc3ncnc(SCC(=O)c4ccc5c(c4)OCO5)c23)C1. The van der Waals surface area contributed by atoms with Crippen molar-refractivity contribution in [2.24, 2.45) is 5.92 Å². The van der Waals surface area contributed by atoms with Crippen molar-refractivity contribution < 1.29 is 14.3 Å². The number of ketones is 1. The van der Waals surface area contributed by atoms with Crippen molar-refractivity contribution in [3.63, 3.8) is 0 Å². The molecule has 0 radical (unpaired) electrons. The first-order valence-corrected chi connectivity index (χ1v) is 10.8. The third-order valence-electron chi connectivity index (χ3n) is 5.09. The number of hydrogen-bond acceptors (Lipinski definition) is 7. The summed E-state index contributed by atoms with van der Waals surface area (Å²) in [4.78, 5) is 24.1. The molecule has 1 aliphatic carbocycles. The summed E-state index contributed by atoms with van der Waals surface area (Å²) in [6, 6.07) is 5.34. The number of ether oxygens (including phenoxy) is 2. The van der Waals surface area contributed by atoms with E-state index in [0.717, 1.165) is 34.0 Å². The van der Waals surface area contributed by atoms with Crippen LogP contribution >= 0.6 is 23.1 Å². The molecule has 0 N–H and O–H groups in total. The van der Waals surface area contributed by atoms with E-state index >= 15 is 0 Å². The minimum Gasteiger partial charge on any atom is -0.454 e. The molecule has 0 saturated heterocycles. The Kier molecular flexibility index (Phi) is 4.28. The molecule has 2 aliphatic rings. The van der Waals surface area contributed by atoms with Gasteiger partial charge in [-0.25, -0.2) is 9.97 Å². The van der Waals surface area contributed by atoms with Gasteiger partial charge in [0.05, 0.1) is 5.75 Å². The zero-order valence-corrected chi connectivity index (χ0v) is 16.5. The van der Waals surface area contributed by atoms with E-state index < -0.39 is 0 Å². The van der Waals surface area contributed by atoms with Crippen LogP contribution in [0.2, 0.25) is 0 Å². The average molecular weight is 399 g/mol. The molecule has 0 amide bonds. The van der Waals surface area contributed by atoms with Crippen molar-refractivity contribution in [3.05, 3.63) is 40.5 Å². The number of thioether (sulfide) groups is 1. The molecule has 1 aliphatic heterocycles. The van der Waals surface area contributed by atoms with Crippen LogP contribution in [0, 0.1) is 5.92 Å². The molecular weight excluding hydrogens is 380 g/mol. The van der Waals surface area contributed by atoms with Crippen LogP contribution in [0.25, 0.3) is 10.2 Å². The second-order valence-corrected chi connectivity index (χ2v) is 9.04. The summed E-state index contributed by atoms with van der Waals surface area (Å²) in [6.07, 6.45) is 5.01. The normalized spacial score (nSPS) is 17.9. The molecule has 1 aromatic carbocycles. The number of hydrogen-bond donors (Lipinski definition) is 0. The van der Waals surface area contributed by atoms with Crippen molar-refractivity contribution in [2.45, 2.75) is 31.2 Å². The van der Waals surface area contributed by atoms with E-state index in [4.69, 9.17) is 9.47 Å². The molecule has 3 heterocycles. The molecule has 3 aromatic rings. The van der Waals surface area contributed by atoms with Crippen LogP contribution in [0.1, 0.15) is 34.1 Å². The third-order valence-corrected chi connectivity index (χ3v) is 7.24. The van der Waals surface area contributed by atoms with Crippen LogP contribution in [0.3, 0.4) is 0 Å². The second kappa shape index (κ2) is 6.80. The van der Waals surface area contributed by atoms with E-state index in [0.29, 0.717) is 22.8 Å². The van der Waals surface area contributed by atoms with Crippen LogP contribution in [-0.4, -0.2) is 28.3 Å². The fourth-order valence-corrected chi connectivity index (χ4v) is 5.98. The molecule has 5 nitrogen and oxygen atoms in total. The summed E-state index contributed by atoms with van der Waals surface area (Å²) in [5, 5.41) is 2.08. The smallest absolute Gasteiger partial charge is 0.231 e. The van der Waals surface area contributed by atoms with Gasteiger partial charge in [0.2, 0.25) is 6.79 Å². The summed E-state index contributed by atoms with van der Waals surface area (Å²) in [5.41, 5.74) is 2.03.